The van der Waals surface area contributed by atoms with Gasteiger partial charge in [-0.1, -0.05) is 24.3 Å². The maximum Gasteiger partial charge on any atom is 0.407 e. The Morgan fingerprint density at radius 1 is 1.18 bits per heavy atom. The highest BCUT2D eigenvalue weighted by Crippen LogP contribution is 2.34. The molecule has 33 heavy (non-hydrogen) atoms. The van der Waals surface area contributed by atoms with Crippen LogP contribution in [0.25, 0.3) is 27.5 Å². The van der Waals surface area contributed by atoms with Crippen molar-refractivity contribution >= 4 is 28.2 Å². The molecule has 4 aromatic rings. The first-order chi connectivity index (χ1) is 15.6. The van der Waals surface area contributed by atoms with E-state index < -0.39 is 23.5 Å². The van der Waals surface area contributed by atoms with Crippen molar-refractivity contribution in [3.63, 3.8) is 0 Å². The fourth-order valence-electron chi connectivity index (χ4n) is 3.35. The number of aromatic carboxylic acids is 1. The van der Waals surface area contributed by atoms with Crippen LogP contribution in [0.4, 0.5) is 9.18 Å². The zero-order valence-corrected chi connectivity index (χ0v) is 19.1. The number of aromatic nitrogens is 2. The van der Waals surface area contributed by atoms with E-state index in [2.05, 4.69) is 10.3 Å². The Morgan fingerprint density at radius 3 is 2.58 bits per heavy atom. The summed E-state index contributed by atoms with van der Waals surface area (Å²) in [4.78, 5) is 28.5. The number of nitrogens with zero attached hydrogens (tertiary/aromatic N) is 2. The first-order valence-corrected chi connectivity index (χ1v) is 11.1. The third-order valence-electron chi connectivity index (χ3n) is 4.80. The maximum atomic E-state index is 15.4. The van der Waals surface area contributed by atoms with E-state index in [-0.39, 0.29) is 12.1 Å². The average Bonchev–Trinajstić information content (AvgIpc) is 3.35. The Balaban J connectivity index is 1.67. The summed E-state index contributed by atoms with van der Waals surface area (Å²) in [6, 6.07) is 11.3. The van der Waals surface area contributed by atoms with Crippen molar-refractivity contribution in [3.8, 4) is 22.6 Å². The number of carbonyl (C=O) groups is 2. The monoisotopic (exact) mass is 467 g/mol. The van der Waals surface area contributed by atoms with Crippen LogP contribution >= 0.6 is 11.3 Å². The van der Waals surface area contributed by atoms with E-state index in [1.807, 2.05) is 16.0 Å². The van der Waals surface area contributed by atoms with Gasteiger partial charge in [0.1, 0.15) is 27.8 Å². The van der Waals surface area contributed by atoms with Crippen molar-refractivity contribution < 1.29 is 23.8 Å². The van der Waals surface area contributed by atoms with E-state index in [0.29, 0.717) is 28.2 Å². The molecule has 0 radical (unpaired) electrons. The van der Waals surface area contributed by atoms with Gasteiger partial charge < -0.3 is 15.2 Å². The molecule has 2 N–H and O–H groups in total. The minimum Gasteiger partial charge on any atom is -0.478 e. The van der Waals surface area contributed by atoms with Crippen LogP contribution in [0.3, 0.4) is 0 Å². The lowest BCUT2D eigenvalue weighted by Gasteiger charge is -2.19. The number of benzene rings is 2. The first kappa shape index (κ1) is 22.5. The van der Waals surface area contributed by atoms with Crippen LogP contribution < -0.4 is 5.32 Å². The zero-order chi connectivity index (χ0) is 23.8. The molecule has 2 aromatic carbocycles. The number of imidazole rings is 1. The number of thiazole rings is 1. The van der Waals surface area contributed by atoms with E-state index >= 15 is 4.39 Å². The van der Waals surface area contributed by atoms with E-state index in [9.17, 15) is 9.59 Å². The molecule has 0 saturated carbocycles. The summed E-state index contributed by atoms with van der Waals surface area (Å²) < 4.78 is 22.5. The lowest BCUT2D eigenvalue weighted by molar-refractivity contribution is 0.0522. The van der Waals surface area contributed by atoms with Gasteiger partial charge in [0.05, 0.1) is 5.56 Å². The van der Waals surface area contributed by atoms with Crippen molar-refractivity contribution in [2.24, 2.45) is 0 Å². The number of hydrogen-bond donors (Lipinski definition) is 2. The van der Waals surface area contributed by atoms with Crippen molar-refractivity contribution in [3.05, 3.63) is 71.0 Å². The number of rotatable bonds is 5. The predicted molar refractivity (Wildman–Crippen MR) is 124 cm³/mol. The molecule has 1 amide bonds. The lowest BCUT2D eigenvalue weighted by Crippen LogP contribution is -2.32. The highest BCUT2D eigenvalue weighted by molar-refractivity contribution is 7.16. The highest BCUT2D eigenvalue weighted by Gasteiger charge is 2.21. The molecule has 0 aliphatic heterocycles. The molecule has 2 heterocycles. The fraction of sp³-hybridized carbons (Fsp3) is 0.208. The van der Waals surface area contributed by atoms with Gasteiger partial charge in [-0.15, -0.1) is 11.3 Å². The maximum absolute atomic E-state index is 15.4. The summed E-state index contributed by atoms with van der Waals surface area (Å²) in [6.07, 6.45) is 1.21. The minimum absolute atomic E-state index is 0.0282. The van der Waals surface area contributed by atoms with Gasteiger partial charge in [-0.3, -0.25) is 4.40 Å². The van der Waals surface area contributed by atoms with Crippen LogP contribution in [-0.2, 0) is 11.3 Å². The third-order valence-corrected chi connectivity index (χ3v) is 5.67. The van der Waals surface area contributed by atoms with E-state index in [1.54, 1.807) is 51.1 Å². The van der Waals surface area contributed by atoms with Crippen LogP contribution in [0.2, 0.25) is 0 Å². The largest absolute Gasteiger partial charge is 0.478 e. The van der Waals surface area contributed by atoms with E-state index in [0.717, 1.165) is 4.83 Å². The Kier molecular flexibility index (Phi) is 5.90. The molecule has 0 saturated heterocycles. The standard InChI is InChI=1S/C24H22FN3O4S/c1-24(2,3)32-23(31)26-13-16-5-4-6-17(18(16)25)19-21-28(11-12-33-21)20(27-19)14-7-9-15(10-8-14)22(29)30/h4-12H,13H2,1-3H3,(H,26,31)(H,29,30). The second-order valence-electron chi connectivity index (χ2n) is 8.38. The summed E-state index contributed by atoms with van der Waals surface area (Å²) in [5.41, 5.74) is 1.33. The molecular weight excluding hydrogens is 445 g/mol. The number of fused-ring (bicyclic) bond motifs is 1. The van der Waals surface area contributed by atoms with Crippen LogP contribution in [0.15, 0.2) is 54.0 Å². The molecule has 0 fully saturated rings. The number of nitrogens with one attached hydrogen (secondary N) is 1. The highest BCUT2D eigenvalue weighted by atomic mass is 32.1. The van der Waals surface area contributed by atoms with Gasteiger partial charge in [0.25, 0.3) is 0 Å². The quantitative estimate of drug-likeness (QED) is 0.399. The van der Waals surface area contributed by atoms with E-state index in [4.69, 9.17) is 9.84 Å². The molecule has 0 aliphatic rings. The molecule has 0 bridgehead atoms. The summed E-state index contributed by atoms with van der Waals surface area (Å²) in [5, 5.41) is 13.6. The van der Waals surface area contributed by atoms with Crippen molar-refractivity contribution in [1.29, 1.82) is 0 Å². The average molecular weight is 468 g/mol. The second kappa shape index (κ2) is 8.67. The fourth-order valence-corrected chi connectivity index (χ4v) is 4.19. The second-order valence-corrected chi connectivity index (χ2v) is 9.27. The number of halogens is 1. The number of carboxylic acid groups (broad SMARTS) is 1. The van der Waals surface area contributed by atoms with Gasteiger partial charge in [-0.25, -0.2) is 19.0 Å². The van der Waals surface area contributed by atoms with Crippen LogP contribution in [0, 0.1) is 5.82 Å². The molecule has 0 atom stereocenters. The molecule has 0 aliphatic carbocycles. The Labute approximate surface area is 193 Å². The van der Waals surface area contributed by atoms with Crippen molar-refractivity contribution in [2.45, 2.75) is 32.9 Å². The topological polar surface area (TPSA) is 92.9 Å². The van der Waals surface area contributed by atoms with Gasteiger partial charge in [0.15, 0.2) is 0 Å². The van der Waals surface area contributed by atoms with E-state index in [1.165, 1.54) is 23.5 Å². The molecule has 9 heteroatoms. The predicted octanol–water partition coefficient (Wildman–Crippen LogP) is 5.59. The van der Waals surface area contributed by atoms with Crippen molar-refractivity contribution in [1.82, 2.24) is 14.7 Å². The van der Waals surface area contributed by atoms with Gasteiger partial charge in [0.2, 0.25) is 0 Å². The van der Waals surface area contributed by atoms with Gasteiger partial charge in [0, 0.05) is 34.8 Å². The number of amides is 1. The molecule has 170 valence electrons. The summed E-state index contributed by atoms with van der Waals surface area (Å²) in [5.74, 6) is -0.908. The molecule has 0 spiro atoms. The SMILES string of the molecule is CC(C)(C)OC(=O)NCc1cccc(-c2nc(-c3ccc(C(=O)O)cc3)n3ccsc23)c1F. The van der Waals surface area contributed by atoms with Crippen LogP contribution in [-0.4, -0.2) is 32.2 Å². The molecule has 0 unspecified atom stereocenters. The summed E-state index contributed by atoms with van der Waals surface area (Å²) >= 11 is 1.42. The Bertz CT molecular complexity index is 1340. The zero-order valence-electron chi connectivity index (χ0n) is 18.3. The molecular formula is C24H22FN3O4S. The minimum atomic E-state index is -1.01. The molecule has 4 rings (SSSR count). The lowest BCUT2D eigenvalue weighted by atomic mass is 10.1. The van der Waals surface area contributed by atoms with Gasteiger partial charge in [-0.2, -0.15) is 0 Å². The van der Waals surface area contributed by atoms with Gasteiger partial charge >= 0.3 is 12.1 Å². The van der Waals surface area contributed by atoms with Crippen LogP contribution in [0.5, 0.6) is 0 Å². The number of alkyl carbamates (subject to hydrolysis) is 1. The van der Waals surface area contributed by atoms with Crippen molar-refractivity contribution in [2.75, 3.05) is 0 Å². The normalized spacial score (nSPS) is 11.5. The Hall–Kier alpha value is -3.72. The summed E-state index contributed by atoms with van der Waals surface area (Å²) in [7, 11) is 0. The third kappa shape index (κ3) is 4.73. The number of ether oxygens (including phenoxy) is 1. The Morgan fingerprint density at radius 2 is 1.91 bits per heavy atom. The number of carboxylic acids is 1. The summed E-state index contributed by atoms with van der Waals surface area (Å²) in [6.45, 7) is 5.24. The smallest absolute Gasteiger partial charge is 0.407 e. The molecule has 2 aromatic heterocycles. The van der Waals surface area contributed by atoms with Gasteiger partial charge in [-0.05, 0) is 39.0 Å². The molecule has 7 nitrogen and oxygen atoms in total. The van der Waals surface area contributed by atoms with Crippen LogP contribution in [0.1, 0.15) is 36.7 Å². The first-order valence-electron chi connectivity index (χ1n) is 10.2. The number of hydrogen-bond acceptors (Lipinski definition) is 5. The number of carbonyl (C=O) groups excluding carboxylic acids is 1.